The van der Waals surface area contributed by atoms with Gasteiger partial charge >= 0.3 is 5.97 Å². The maximum absolute atomic E-state index is 12.0. The van der Waals surface area contributed by atoms with E-state index in [2.05, 4.69) is 5.32 Å². The van der Waals surface area contributed by atoms with Crippen LogP contribution >= 0.6 is 0 Å². The number of nitrogens with one attached hydrogen (secondary N) is 1. The summed E-state index contributed by atoms with van der Waals surface area (Å²) in [7, 11) is 1.62. The first-order valence-corrected chi connectivity index (χ1v) is 9.25. The lowest BCUT2D eigenvalue weighted by Gasteiger charge is -2.09. The molecule has 0 atom stereocenters. The van der Waals surface area contributed by atoms with E-state index < -0.39 is 5.97 Å². The Kier molecular flexibility index (Phi) is 8.49. The van der Waals surface area contributed by atoms with E-state index in [-0.39, 0.29) is 18.6 Å². The maximum atomic E-state index is 12.0. The van der Waals surface area contributed by atoms with Crippen molar-refractivity contribution in [1.82, 2.24) is 5.32 Å². The Morgan fingerprint density at radius 3 is 2.21 bits per heavy atom. The molecule has 150 valence electrons. The normalized spacial score (nSPS) is 10.6. The molecule has 0 heterocycles. The first-order valence-electron chi connectivity index (χ1n) is 9.25. The molecule has 28 heavy (non-hydrogen) atoms. The lowest BCUT2D eigenvalue weighted by Crippen LogP contribution is -2.30. The van der Waals surface area contributed by atoms with Crippen LogP contribution in [0, 0.1) is 0 Å². The van der Waals surface area contributed by atoms with Crippen molar-refractivity contribution in [3.05, 3.63) is 65.2 Å². The van der Waals surface area contributed by atoms with Crippen molar-refractivity contribution >= 4 is 11.9 Å². The fourth-order valence-corrected chi connectivity index (χ4v) is 2.40. The molecule has 2 rings (SSSR count). The molecule has 0 aromatic heterocycles. The Balaban J connectivity index is 1.69. The number of ether oxygens (including phenoxy) is 3. The van der Waals surface area contributed by atoms with Crippen molar-refractivity contribution in [2.45, 2.75) is 33.0 Å². The zero-order chi connectivity index (χ0) is 20.4. The molecule has 0 spiro atoms. The van der Waals surface area contributed by atoms with Crippen LogP contribution in [0.3, 0.4) is 0 Å². The van der Waals surface area contributed by atoms with Gasteiger partial charge in [0.05, 0.1) is 25.4 Å². The van der Waals surface area contributed by atoms with Crippen LogP contribution in [0.2, 0.25) is 0 Å². The van der Waals surface area contributed by atoms with Crippen molar-refractivity contribution in [1.29, 1.82) is 0 Å². The first kappa shape index (κ1) is 21.4. The van der Waals surface area contributed by atoms with Gasteiger partial charge < -0.3 is 19.5 Å². The second-order valence-corrected chi connectivity index (χ2v) is 6.58. The van der Waals surface area contributed by atoms with Gasteiger partial charge in [0, 0.05) is 6.54 Å². The number of methoxy groups -OCH3 is 1. The van der Waals surface area contributed by atoms with E-state index in [1.165, 1.54) is 0 Å². The third kappa shape index (κ3) is 7.40. The predicted octanol–water partition coefficient (Wildman–Crippen LogP) is 3.14. The van der Waals surface area contributed by atoms with E-state index in [4.69, 9.17) is 14.2 Å². The second-order valence-electron chi connectivity index (χ2n) is 6.58. The minimum absolute atomic E-state index is 0.146. The minimum atomic E-state index is -0.526. The van der Waals surface area contributed by atoms with Crippen molar-refractivity contribution < 1.29 is 23.8 Å². The largest absolute Gasteiger partial charge is 0.497 e. The number of benzene rings is 2. The predicted molar refractivity (Wildman–Crippen MR) is 106 cm³/mol. The van der Waals surface area contributed by atoms with Gasteiger partial charge in [0.25, 0.3) is 5.91 Å². The highest BCUT2D eigenvalue weighted by Crippen LogP contribution is 2.11. The summed E-state index contributed by atoms with van der Waals surface area (Å²) in [4.78, 5) is 23.9. The van der Waals surface area contributed by atoms with Crippen LogP contribution in [-0.4, -0.2) is 38.2 Å². The summed E-state index contributed by atoms with van der Waals surface area (Å²) in [6.45, 7) is 4.58. The van der Waals surface area contributed by atoms with Gasteiger partial charge in [-0.1, -0.05) is 24.3 Å². The number of amides is 1. The summed E-state index contributed by atoms with van der Waals surface area (Å²) in [6.07, 6.45) is 0.830. The summed E-state index contributed by atoms with van der Waals surface area (Å²) < 4.78 is 15.7. The SMILES string of the molecule is COc1ccc(CCNC(=O)COC(=O)c2ccc(COC(C)C)cc2)cc1. The number of hydrogen-bond acceptors (Lipinski definition) is 5. The highest BCUT2D eigenvalue weighted by atomic mass is 16.5. The molecule has 0 saturated heterocycles. The lowest BCUT2D eigenvalue weighted by atomic mass is 10.1. The molecule has 6 heteroatoms. The highest BCUT2D eigenvalue weighted by molar-refractivity contribution is 5.91. The number of esters is 1. The van der Waals surface area contributed by atoms with Crippen molar-refractivity contribution in [2.24, 2.45) is 0 Å². The molecule has 0 unspecified atom stereocenters. The monoisotopic (exact) mass is 385 g/mol. The summed E-state index contributed by atoms with van der Waals surface area (Å²) in [5.41, 5.74) is 2.46. The van der Waals surface area contributed by atoms with Crippen LogP contribution in [-0.2, 0) is 27.3 Å². The molecule has 2 aromatic carbocycles. The summed E-state index contributed by atoms with van der Waals surface area (Å²) in [6, 6.07) is 14.6. The van der Waals surface area contributed by atoms with Gasteiger partial charge in [-0.15, -0.1) is 0 Å². The zero-order valence-electron chi connectivity index (χ0n) is 16.6. The van der Waals surface area contributed by atoms with E-state index in [0.29, 0.717) is 25.1 Å². The van der Waals surface area contributed by atoms with Crippen LogP contribution < -0.4 is 10.1 Å². The Morgan fingerprint density at radius 2 is 1.61 bits per heavy atom. The van der Waals surface area contributed by atoms with Gasteiger partial charge in [0.1, 0.15) is 5.75 Å². The molecule has 0 aliphatic carbocycles. The molecule has 0 saturated carbocycles. The average Bonchev–Trinajstić information content (AvgIpc) is 2.71. The first-order chi connectivity index (χ1) is 13.5. The number of hydrogen-bond donors (Lipinski definition) is 1. The molecular weight excluding hydrogens is 358 g/mol. The Hall–Kier alpha value is -2.86. The summed E-state index contributed by atoms with van der Waals surface area (Å²) >= 11 is 0. The summed E-state index contributed by atoms with van der Waals surface area (Å²) in [5, 5.41) is 2.74. The van der Waals surface area contributed by atoms with Gasteiger partial charge in [0.2, 0.25) is 0 Å². The lowest BCUT2D eigenvalue weighted by molar-refractivity contribution is -0.124. The van der Waals surface area contributed by atoms with Crippen molar-refractivity contribution in [2.75, 3.05) is 20.3 Å². The number of carbonyl (C=O) groups is 2. The van der Waals surface area contributed by atoms with Crippen molar-refractivity contribution in [3.8, 4) is 5.75 Å². The van der Waals surface area contributed by atoms with Gasteiger partial charge in [-0.2, -0.15) is 0 Å². The second kappa shape index (κ2) is 11.1. The van der Waals surface area contributed by atoms with E-state index >= 15 is 0 Å². The van der Waals surface area contributed by atoms with Crippen molar-refractivity contribution in [3.63, 3.8) is 0 Å². The van der Waals surface area contributed by atoms with Gasteiger partial charge in [-0.25, -0.2) is 4.79 Å². The fourth-order valence-electron chi connectivity index (χ4n) is 2.40. The van der Waals surface area contributed by atoms with Crippen LogP contribution in [0.5, 0.6) is 5.75 Å². The molecular formula is C22H27NO5. The standard InChI is InChI=1S/C22H27NO5/c1-16(2)27-14-18-4-8-19(9-5-18)22(25)28-15-21(24)23-13-12-17-6-10-20(26-3)11-7-17/h4-11,16H,12-15H2,1-3H3,(H,23,24). The maximum Gasteiger partial charge on any atom is 0.338 e. The van der Waals surface area contributed by atoms with Gasteiger partial charge in [-0.05, 0) is 55.7 Å². The molecule has 0 aliphatic rings. The van der Waals surface area contributed by atoms with E-state index in [0.717, 1.165) is 16.9 Å². The average molecular weight is 385 g/mol. The van der Waals surface area contributed by atoms with Crippen LogP contribution in [0.1, 0.15) is 35.3 Å². The van der Waals surface area contributed by atoms with E-state index in [1.807, 2.05) is 50.2 Å². The van der Waals surface area contributed by atoms with Crippen LogP contribution in [0.25, 0.3) is 0 Å². The van der Waals surface area contributed by atoms with Gasteiger partial charge in [0.15, 0.2) is 6.61 Å². The Labute approximate surface area is 165 Å². The third-order valence-corrected chi connectivity index (χ3v) is 4.00. The fraction of sp³-hybridized carbons (Fsp3) is 0.364. The topological polar surface area (TPSA) is 73.9 Å². The van der Waals surface area contributed by atoms with Gasteiger partial charge in [-0.3, -0.25) is 4.79 Å². The number of rotatable bonds is 10. The molecule has 0 aliphatic heterocycles. The summed E-state index contributed by atoms with van der Waals surface area (Å²) in [5.74, 6) is -0.0642. The van der Waals surface area contributed by atoms with E-state index in [1.54, 1.807) is 19.2 Å². The Morgan fingerprint density at radius 1 is 0.964 bits per heavy atom. The Bertz CT molecular complexity index is 754. The molecule has 0 fully saturated rings. The highest BCUT2D eigenvalue weighted by Gasteiger charge is 2.10. The number of carbonyl (C=O) groups excluding carboxylic acids is 2. The molecule has 0 radical (unpaired) electrons. The molecule has 0 bridgehead atoms. The van der Waals surface area contributed by atoms with Crippen LogP contribution in [0.15, 0.2) is 48.5 Å². The molecule has 1 amide bonds. The minimum Gasteiger partial charge on any atom is -0.497 e. The smallest absolute Gasteiger partial charge is 0.338 e. The quantitative estimate of drug-likeness (QED) is 0.636. The molecule has 1 N–H and O–H groups in total. The molecule has 2 aromatic rings. The third-order valence-electron chi connectivity index (χ3n) is 4.00. The molecule has 6 nitrogen and oxygen atoms in total. The van der Waals surface area contributed by atoms with Crippen LogP contribution in [0.4, 0.5) is 0 Å². The van der Waals surface area contributed by atoms with E-state index in [9.17, 15) is 9.59 Å². The zero-order valence-corrected chi connectivity index (χ0v) is 16.6.